The van der Waals surface area contributed by atoms with Crippen LogP contribution in [0.1, 0.15) is 27.8 Å². The first-order valence-corrected chi connectivity index (χ1v) is 10.8. The zero-order chi connectivity index (χ0) is 22.5. The summed E-state index contributed by atoms with van der Waals surface area (Å²) in [5.74, 6) is 0. The van der Waals surface area contributed by atoms with Gasteiger partial charge in [-0.1, -0.05) is 66.2 Å². The summed E-state index contributed by atoms with van der Waals surface area (Å²) >= 11 is 0. The molecule has 4 aromatic rings. The summed E-state index contributed by atoms with van der Waals surface area (Å²) in [5, 5.41) is 10.2. The van der Waals surface area contributed by atoms with Crippen LogP contribution in [0.3, 0.4) is 0 Å². The predicted molar refractivity (Wildman–Crippen MR) is 129 cm³/mol. The zero-order valence-electron chi connectivity index (χ0n) is 18.7. The summed E-state index contributed by atoms with van der Waals surface area (Å²) in [6.07, 6.45) is 1.74. The third kappa shape index (κ3) is 5.06. The van der Waals surface area contributed by atoms with Crippen LogP contribution in [0.4, 0.5) is 10.5 Å². The van der Waals surface area contributed by atoms with Crippen LogP contribution in [-0.4, -0.2) is 21.1 Å². The molecule has 0 spiro atoms. The van der Waals surface area contributed by atoms with Crippen molar-refractivity contribution >= 4 is 11.7 Å². The second kappa shape index (κ2) is 9.52. The highest BCUT2D eigenvalue weighted by Gasteiger charge is 2.17. The number of anilines is 1. The van der Waals surface area contributed by atoms with Crippen molar-refractivity contribution in [2.24, 2.45) is 0 Å². The van der Waals surface area contributed by atoms with E-state index in [-0.39, 0.29) is 6.03 Å². The number of hydrogen-bond donors (Lipinski definition) is 2. The number of nitrogens with zero attached hydrogens (tertiary/aromatic N) is 2. The highest BCUT2D eigenvalue weighted by atomic mass is 16.2. The average molecular weight is 425 g/mol. The molecule has 5 heteroatoms. The first-order valence-electron chi connectivity index (χ1n) is 10.8. The number of aromatic nitrogens is 2. The molecule has 2 amide bonds. The molecule has 0 fully saturated rings. The van der Waals surface area contributed by atoms with Crippen LogP contribution < -0.4 is 5.32 Å². The van der Waals surface area contributed by atoms with Crippen molar-refractivity contribution in [3.05, 3.63) is 107 Å². The molecule has 0 unspecified atom stereocenters. The molecule has 32 heavy (non-hydrogen) atoms. The number of aromatic amines is 1. The lowest BCUT2D eigenvalue weighted by molar-refractivity contribution is 0.206. The first kappa shape index (κ1) is 21.4. The molecule has 0 aliphatic rings. The molecule has 0 aliphatic carbocycles. The van der Waals surface area contributed by atoms with Gasteiger partial charge >= 0.3 is 6.03 Å². The Labute approximate surface area is 189 Å². The number of carbonyl (C=O) groups excluding carboxylic acids is 1. The minimum atomic E-state index is -0.115. The summed E-state index contributed by atoms with van der Waals surface area (Å²) in [6.45, 7) is 7.15. The van der Waals surface area contributed by atoms with Gasteiger partial charge in [-0.05, 0) is 60.7 Å². The molecule has 0 atom stereocenters. The number of amides is 2. The number of urea groups is 1. The van der Waals surface area contributed by atoms with Gasteiger partial charge in [-0.3, -0.25) is 5.10 Å². The quantitative estimate of drug-likeness (QED) is 0.385. The van der Waals surface area contributed by atoms with Crippen molar-refractivity contribution in [2.45, 2.75) is 33.9 Å². The van der Waals surface area contributed by atoms with Gasteiger partial charge in [0, 0.05) is 25.0 Å². The number of hydrogen-bond acceptors (Lipinski definition) is 2. The van der Waals surface area contributed by atoms with Crippen molar-refractivity contribution in [1.29, 1.82) is 0 Å². The van der Waals surface area contributed by atoms with E-state index < -0.39 is 0 Å². The fourth-order valence-corrected chi connectivity index (χ4v) is 4.04. The molecule has 4 rings (SSSR count). The summed E-state index contributed by atoms with van der Waals surface area (Å²) in [6, 6.07) is 24.3. The van der Waals surface area contributed by atoms with E-state index in [2.05, 4.69) is 40.6 Å². The van der Waals surface area contributed by atoms with Gasteiger partial charge in [0.2, 0.25) is 0 Å². The fourth-order valence-electron chi connectivity index (χ4n) is 4.04. The number of carbonyl (C=O) groups is 1. The Kier molecular flexibility index (Phi) is 6.36. The van der Waals surface area contributed by atoms with Crippen LogP contribution >= 0.6 is 0 Å². The molecule has 0 radical (unpaired) electrons. The smallest absolute Gasteiger partial charge is 0.316 e. The molecule has 2 N–H and O–H groups in total. The number of aryl methyl sites for hydroxylation is 3. The normalized spacial score (nSPS) is 10.7. The van der Waals surface area contributed by atoms with Crippen LogP contribution in [0.5, 0.6) is 0 Å². The molecule has 3 aromatic carbocycles. The van der Waals surface area contributed by atoms with E-state index in [1.54, 1.807) is 6.20 Å². The van der Waals surface area contributed by atoms with Gasteiger partial charge in [0.05, 0.1) is 5.69 Å². The monoisotopic (exact) mass is 424 g/mol. The van der Waals surface area contributed by atoms with Gasteiger partial charge < -0.3 is 10.2 Å². The summed E-state index contributed by atoms with van der Waals surface area (Å²) in [7, 11) is 0. The van der Waals surface area contributed by atoms with Crippen molar-refractivity contribution < 1.29 is 4.79 Å². The fraction of sp³-hybridized carbons (Fsp3) is 0.185. The van der Waals surface area contributed by atoms with Crippen LogP contribution in [0, 0.1) is 20.8 Å². The van der Waals surface area contributed by atoms with Crippen LogP contribution in [0.25, 0.3) is 11.3 Å². The van der Waals surface area contributed by atoms with Gasteiger partial charge in [-0.25, -0.2) is 4.79 Å². The van der Waals surface area contributed by atoms with Crippen LogP contribution in [-0.2, 0) is 13.1 Å². The number of H-pyrrole nitrogens is 1. The first-order chi connectivity index (χ1) is 15.5. The highest BCUT2D eigenvalue weighted by molar-refractivity contribution is 5.91. The molecule has 1 aromatic heterocycles. The maximum absolute atomic E-state index is 13.4. The van der Waals surface area contributed by atoms with Gasteiger partial charge in [0.15, 0.2) is 0 Å². The Bertz CT molecular complexity index is 1180. The van der Waals surface area contributed by atoms with Crippen molar-refractivity contribution in [3.63, 3.8) is 0 Å². The second-order valence-electron chi connectivity index (χ2n) is 8.22. The Morgan fingerprint density at radius 2 is 1.56 bits per heavy atom. The number of rotatable bonds is 6. The zero-order valence-corrected chi connectivity index (χ0v) is 18.7. The lowest BCUT2D eigenvalue weighted by Crippen LogP contribution is -2.34. The minimum absolute atomic E-state index is 0.115. The average Bonchev–Trinajstić information content (AvgIpc) is 3.32. The maximum Gasteiger partial charge on any atom is 0.322 e. The minimum Gasteiger partial charge on any atom is -0.316 e. The standard InChI is InChI=1S/C27H28N4O/c1-19-14-20(2)26(21(3)15-19)29-27(32)31(17-22-8-5-4-6-9-22)18-23-10-7-11-24(16-23)25-12-13-28-30-25/h4-16H,17-18H2,1-3H3,(H,28,30)(H,29,32). The van der Waals surface area contributed by atoms with Gasteiger partial charge in [-0.2, -0.15) is 5.10 Å². The van der Waals surface area contributed by atoms with Gasteiger partial charge in [0.25, 0.3) is 0 Å². The predicted octanol–water partition coefficient (Wildman–Crippen LogP) is 6.24. The van der Waals surface area contributed by atoms with Gasteiger partial charge in [0.1, 0.15) is 0 Å². The second-order valence-corrected chi connectivity index (χ2v) is 8.22. The molecule has 1 heterocycles. The summed E-state index contributed by atoms with van der Waals surface area (Å²) in [4.78, 5) is 15.3. The molecule has 162 valence electrons. The maximum atomic E-state index is 13.4. The van der Waals surface area contributed by atoms with E-state index in [0.717, 1.165) is 39.2 Å². The molecule has 0 aliphatic heterocycles. The van der Waals surface area contributed by atoms with Gasteiger partial charge in [-0.15, -0.1) is 0 Å². The summed E-state index contributed by atoms with van der Waals surface area (Å²) in [5.41, 5.74) is 8.35. The molecule has 0 saturated carbocycles. The van der Waals surface area contributed by atoms with E-state index in [0.29, 0.717) is 13.1 Å². The molecule has 0 saturated heterocycles. The van der Waals surface area contributed by atoms with E-state index in [1.165, 1.54) is 5.56 Å². The van der Waals surface area contributed by atoms with Crippen molar-refractivity contribution in [2.75, 3.05) is 5.32 Å². The van der Waals surface area contributed by atoms with Crippen LogP contribution in [0.2, 0.25) is 0 Å². The molecular weight excluding hydrogens is 396 g/mol. The topological polar surface area (TPSA) is 61.0 Å². The van der Waals surface area contributed by atoms with Crippen LogP contribution in [0.15, 0.2) is 79.0 Å². The van der Waals surface area contributed by atoms with E-state index in [4.69, 9.17) is 0 Å². The third-order valence-electron chi connectivity index (χ3n) is 5.52. The Morgan fingerprint density at radius 3 is 2.25 bits per heavy atom. The highest BCUT2D eigenvalue weighted by Crippen LogP contribution is 2.24. The molecular formula is C27H28N4O. The SMILES string of the molecule is Cc1cc(C)c(NC(=O)N(Cc2ccccc2)Cc2cccc(-c3ccn[nH]3)c2)c(C)c1. The van der Waals surface area contributed by atoms with E-state index in [9.17, 15) is 4.79 Å². The lowest BCUT2D eigenvalue weighted by Gasteiger charge is -2.25. The number of benzene rings is 3. The Balaban J connectivity index is 1.60. The number of nitrogens with one attached hydrogen (secondary N) is 2. The van der Waals surface area contributed by atoms with Crippen molar-refractivity contribution in [1.82, 2.24) is 15.1 Å². The Morgan fingerprint density at radius 1 is 0.875 bits per heavy atom. The van der Waals surface area contributed by atoms with E-state index in [1.807, 2.05) is 73.3 Å². The summed E-state index contributed by atoms with van der Waals surface area (Å²) < 4.78 is 0. The third-order valence-corrected chi connectivity index (χ3v) is 5.52. The van der Waals surface area contributed by atoms with E-state index >= 15 is 0 Å². The molecule has 5 nitrogen and oxygen atoms in total. The largest absolute Gasteiger partial charge is 0.322 e. The lowest BCUT2D eigenvalue weighted by atomic mass is 10.1. The Hall–Kier alpha value is -3.86. The molecule has 0 bridgehead atoms. The van der Waals surface area contributed by atoms with Crippen molar-refractivity contribution in [3.8, 4) is 11.3 Å².